The van der Waals surface area contributed by atoms with Crippen LogP contribution in [0.3, 0.4) is 0 Å². The van der Waals surface area contributed by atoms with Crippen LogP contribution in [0.2, 0.25) is 0 Å². The number of nitrogens with zero attached hydrogens (tertiary/aromatic N) is 3. The standard InChI is InChI=1S/C19H19N3O/c1-14(23)17(12-21(2)3)16-9-10-19-20-18(13-22(19)11-16)15-7-5-4-6-8-15/h4-13H,1-3H3/b17-12-. The van der Waals surface area contributed by atoms with Gasteiger partial charge in [0.05, 0.1) is 5.69 Å². The maximum absolute atomic E-state index is 11.9. The van der Waals surface area contributed by atoms with Crippen molar-refractivity contribution in [2.24, 2.45) is 0 Å². The van der Waals surface area contributed by atoms with Crippen LogP contribution >= 0.6 is 0 Å². The summed E-state index contributed by atoms with van der Waals surface area (Å²) in [6.07, 6.45) is 5.78. The maximum Gasteiger partial charge on any atom is 0.161 e. The van der Waals surface area contributed by atoms with E-state index in [1.165, 1.54) is 0 Å². The highest BCUT2D eigenvalue weighted by Crippen LogP contribution is 2.21. The molecular formula is C19H19N3O. The molecule has 0 spiro atoms. The average molecular weight is 305 g/mol. The van der Waals surface area contributed by atoms with E-state index < -0.39 is 0 Å². The van der Waals surface area contributed by atoms with E-state index in [1.54, 1.807) is 6.92 Å². The Labute approximate surface area is 135 Å². The zero-order valence-corrected chi connectivity index (χ0v) is 13.5. The van der Waals surface area contributed by atoms with E-state index >= 15 is 0 Å². The van der Waals surface area contributed by atoms with E-state index in [4.69, 9.17) is 0 Å². The highest BCUT2D eigenvalue weighted by molar-refractivity contribution is 6.19. The van der Waals surface area contributed by atoms with Gasteiger partial charge >= 0.3 is 0 Å². The number of benzene rings is 1. The minimum absolute atomic E-state index is 0.0430. The lowest BCUT2D eigenvalue weighted by Gasteiger charge is -2.10. The van der Waals surface area contributed by atoms with Gasteiger partial charge in [-0.2, -0.15) is 0 Å². The Balaban J connectivity index is 2.07. The largest absolute Gasteiger partial charge is 0.383 e. The SMILES string of the molecule is CC(=O)/C(=C/N(C)C)c1ccc2nc(-c3ccccc3)cn2c1. The van der Waals surface area contributed by atoms with Crippen LogP contribution in [0.25, 0.3) is 22.5 Å². The molecule has 0 aliphatic heterocycles. The summed E-state index contributed by atoms with van der Waals surface area (Å²) in [6, 6.07) is 13.9. The number of carbonyl (C=O) groups is 1. The number of Topliss-reactive ketones (excluding diaryl/α,β-unsaturated/α-hetero) is 1. The van der Waals surface area contributed by atoms with Gasteiger partial charge in [0.15, 0.2) is 5.78 Å². The molecule has 3 rings (SSSR count). The van der Waals surface area contributed by atoms with Gasteiger partial charge in [-0.3, -0.25) is 4.79 Å². The van der Waals surface area contributed by atoms with Crippen molar-refractivity contribution in [3.63, 3.8) is 0 Å². The lowest BCUT2D eigenvalue weighted by atomic mass is 10.1. The highest BCUT2D eigenvalue weighted by Gasteiger charge is 2.10. The molecule has 4 heteroatoms. The number of fused-ring (bicyclic) bond motifs is 1. The normalized spacial score (nSPS) is 11.7. The summed E-state index contributed by atoms with van der Waals surface area (Å²) >= 11 is 0. The third kappa shape index (κ3) is 3.16. The molecule has 0 saturated carbocycles. The lowest BCUT2D eigenvalue weighted by molar-refractivity contribution is -0.111. The first-order valence-electron chi connectivity index (χ1n) is 7.48. The molecule has 0 aliphatic rings. The Hall–Kier alpha value is -2.88. The molecule has 2 heterocycles. The number of pyridine rings is 1. The van der Waals surface area contributed by atoms with Crippen molar-refractivity contribution in [3.8, 4) is 11.3 Å². The average Bonchev–Trinajstić information content (AvgIpc) is 2.96. The van der Waals surface area contributed by atoms with Crippen molar-refractivity contribution < 1.29 is 4.79 Å². The fourth-order valence-corrected chi connectivity index (χ4v) is 2.53. The van der Waals surface area contributed by atoms with Gasteiger partial charge in [-0.05, 0) is 19.1 Å². The molecule has 1 aromatic carbocycles. The summed E-state index contributed by atoms with van der Waals surface area (Å²) in [5, 5.41) is 0. The van der Waals surface area contributed by atoms with Crippen LogP contribution in [0.15, 0.2) is 61.1 Å². The van der Waals surface area contributed by atoms with Crippen LogP contribution < -0.4 is 0 Å². The predicted molar refractivity (Wildman–Crippen MR) is 93.0 cm³/mol. The van der Waals surface area contributed by atoms with E-state index in [-0.39, 0.29) is 5.78 Å². The van der Waals surface area contributed by atoms with Crippen LogP contribution in [0.1, 0.15) is 12.5 Å². The number of ketones is 1. The van der Waals surface area contributed by atoms with Gasteiger partial charge < -0.3 is 9.30 Å². The monoisotopic (exact) mass is 305 g/mol. The summed E-state index contributed by atoms with van der Waals surface area (Å²) in [7, 11) is 3.82. The Morgan fingerprint density at radius 1 is 1.09 bits per heavy atom. The van der Waals surface area contributed by atoms with Gasteiger partial charge in [0.2, 0.25) is 0 Å². The fraction of sp³-hybridized carbons (Fsp3) is 0.158. The van der Waals surface area contributed by atoms with E-state index in [9.17, 15) is 4.79 Å². The molecule has 0 bridgehead atoms. The zero-order valence-electron chi connectivity index (χ0n) is 13.5. The Morgan fingerprint density at radius 2 is 1.83 bits per heavy atom. The van der Waals surface area contributed by atoms with Crippen LogP contribution in [-0.4, -0.2) is 34.2 Å². The summed E-state index contributed by atoms with van der Waals surface area (Å²) < 4.78 is 1.96. The summed E-state index contributed by atoms with van der Waals surface area (Å²) in [5.74, 6) is 0.0430. The van der Waals surface area contributed by atoms with Crippen molar-refractivity contribution in [1.82, 2.24) is 14.3 Å². The van der Waals surface area contributed by atoms with Crippen LogP contribution in [0.4, 0.5) is 0 Å². The third-order valence-electron chi connectivity index (χ3n) is 3.60. The molecular weight excluding hydrogens is 286 g/mol. The van der Waals surface area contributed by atoms with Gasteiger partial charge in [-0.1, -0.05) is 30.3 Å². The first-order valence-corrected chi connectivity index (χ1v) is 7.48. The highest BCUT2D eigenvalue weighted by atomic mass is 16.1. The molecule has 0 atom stereocenters. The van der Waals surface area contributed by atoms with Gasteiger partial charge in [0, 0.05) is 49.4 Å². The van der Waals surface area contributed by atoms with Gasteiger partial charge in [-0.15, -0.1) is 0 Å². The Morgan fingerprint density at radius 3 is 2.48 bits per heavy atom. The second kappa shape index (κ2) is 6.08. The van der Waals surface area contributed by atoms with Gasteiger partial charge in [0.1, 0.15) is 5.65 Å². The smallest absolute Gasteiger partial charge is 0.161 e. The van der Waals surface area contributed by atoms with Crippen molar-refractivity contribution in [3.05, 3.63) is 66.6 Å². The molecule has 0 unspecified atom stereocenters. The molecule has 23 heavy (non-hydrogen) atoms. The van der Waals surface area contributed by atoms with E-state index in [0.717, 1.165) is 22.5 Å². The molecule has 0 fully saturated rings. The first kappa shape index (κ1) is 15.0. The quantitative estimate of drug-likeness (QED) is 0.692. The molecule has 116 valence electrons. The molecule has 0 N–H and O–H groups in total. The minimum atomic E-state index is 0.0430. The van der Waals surface area contributed by atoms with Crippen LogP contribution in [0, 0.1) is 0 Å². The zero-order chi connectivity index (χ0) is 16.4. The van der Waals surface area contributed by atoms with E-state index in [2.05, 4.69) is 4.98 Å². The second-order valence-electron chi connectivity index (χ2n) is 5.74. The van der Waals surface area contributed by atoms with E-state index in [0.29, 0.717) is 5.57 Å². The summed E-state index contributed by atoms with van der Waals surface area (Å²) in [6.45, 7) is 1.59. The molecule has 3 aromatic rings. The molecule has 0 amide bonds. The third-order valence-corrected chi connectivity index (χ3v) is 3.60. The van der Waals surface area contributed by atoms with E-state index in [1.807, 2.05) is 84.5 Å². The lowest BCUT2D eigenvalue weighted by Crippen LogP contribution is -2.07. The van der Waals surface area contributed by atoms with Gasteiger partial charge in [0.25, 0.3) is 0 Å². The number of hydrogen-bond donors (Lipinski definition) is 0. The number of hydrogen-bond acceptors (Lipinski definition) is 3. The summed E-state index contributed by atoms with van der Waals surface area (Å²) in [5.41, 5.74) is 4.43. The number of aromatic nitrogens is 2. The predicted octanol–water partition coefficient (Wildman–Crippen LogP) is 3.49. The molecule has 4 nitrogen and oxygen atoms in total. The Bertz CT molecular complexity index is 876. The first-order chi connectivity index (χ1) is 11.0. The summed E-state index contributed by atoms with van der Waals surface area (Å²) in [4.78, 5) is 18.4. The minimum Gasteiger partial charge on any atom is -0.383 e. The number of rotatable bonds is 4. The topological polar surface area (TPSA) is 37.6 Å². The fourth-order valence-electron chi connectivity index (χ4n) is 2.53. The number of allylic oxidation sites excluding steroid dienone is 1. The van der Waals surface area contributed by atoms with Crippen LogP contribution in [0.5, 0.6) is 0 Å². The number of imidazole rings is 1. The second-order valence-corrected chi connectivity index (χ2v) is 5.74. The molecule has 0 aliphatic carbocycles. The molecule has 0 radical (unpaired) electrons. The number of carbonyl (C=O) groups excluding carboxylic acids is 1. The van der Waals surface area contributed by atoms with Crippen molar-refractivity contribution in [1.29, 1.82) is 0 Å². The van der Waals surface area contributed by atoms with Crippen molar-refractivity contribution in [2.75, 3.05) is 14.1 Å². The Kier molecular flexibility index (Phi) is 3.98. The van der Waals surface area contributed by atoms with Gasteiger partial charge in [-0.25, -0.2) is 4.98 Å². The van der Waals surface area contributed by atoms with Crippen molar-refractivity contribution >= 4 is 17.0 Å². The maximum atomic E-state index is 11.9. The molecule has 2 aromatic heterocycles. The van der Waals surface area contributed by atoms with Crippen molar-refractivity contribution in [2.45, 2.75) is 6.92 Å². The molecule has 0 saturated heterocycles. The van der Waals surface area contributed by atoms with Crippen LogP contribution in [-0.2, 0) is 4.79 Å².